The minimum atomic E-state index is -0.644. The van der Waals surface area contributed by atoms with Crippen LogP contribution in [0.15, 0.2) is 42.5 Å². The summed E-state index contributed by atoms with van der Waals surface area (Å²) in [5, 5.41) is 2.51. The molecule has 1 fully saturated rings. The highest BCUT2D eigenvalue weighted by Gasteiger charge is 2.30. The maximum Gasteiger partial charge on any atom is 0.282 e. The lowest BCUT2D eigenvalue weighted by Gasteiger charge is -2.36. The summed E-state index contributed by atoms with van der Waals surface area (Å²) >= 11 is 0. The highest BCUT2D eigenvalue weighted by atomic mass is 19.1. The van der Waals surface area contributed by atoms with Gasteiger partial charge in [-0.05, 0) is 38.1 Å². The lowest BCUT2D eigenvalue weighted by atomic mass is 10.2. The molecule has 0 unspecified atom stereocenters. The fourth-order valence-electron chi connectivity index (χ4n) is 3.48. The zero-order valence-electron chi connectivity index (χ0n) is 16.2. The van der Waals surface area contributed by atoms with Gasteiger partial charge in [0.1, 0.15) is 17.4 Å². The molecule has 28 heavy (non-hydrogen) atoms. The first-order valence-electron chi connectivity index (χ1n) is 9.57. The van der Waals surface area contributed by atoms with E-state index in [1.54, 1.807) is 0 Å². The molecule has 1 aliphatic heterocycles. The highest BCUT2D eigenvalue weighted by molar-refractivity contribution is 5.93. The van der Waals surface area contributed by atoms with Gasteiger partial charge in [-0.25, -0.2) is 8.78 Å². The van der Waals surface area contributed by atoms with Crippen molar-refractivity contribution in [3.05, 3.63) is 54.1 Å². The number of piperazine rings is 1. The molecule has 1 heterocycles. The van der Waals surface area contributed by atoms with Gasteiger partial charge in [0.25, 0.3) is 5.91 Å². The zero-order valence-corrected chi connectivity index (χ0v) is 16.2. The van der Waals surface area contributed by atoms with Gasteiger partial charge in [-0.2, -0.15) is 0 Å². The van der Waals surface area contributed by atoms with Crippen LogP contribution in [0.1, 0.15) is 13.8 Å². The molecular formula is C21H26F2N3O2+. The van der Waals surface area contributed by atoms with Crippen molar-refractivity contribution in [3.8, 4) is 5.75 Å². The number of halogens is 2. The Morgan fingerprint density at radius 3 is 2.64 bits per heavy atom. The van der Waals surface area contributed by atoms with E-state index in [1.165, 1.54) is 0 Å². The Balaban J connectivity index is 1.60. The molecule has 7 heteroatoms. The largest absolute Gasteiger partial charge is 0.492 e. The van der Waals surface area contributed by atoms with Crippen LogP contribution >= 0.6 is 0 Å². The summed E-state index contributed by atoms with van der Waals surface area (Å²) < 4.78 is 32.8. The minimum Gasteiger partial charge on any atom is -0.492 e. The second-order valence-corrected chi connectivity index (χ2v) is 6.88. The SMILES string of the molecule is CCOc1ccccc1N1CC[NH+]([C@@H](C)C(=O)Nc2cc(F)ccc2F)CC1. The second-order valence-electron chi connectivity index (χ2n) is 6.88. The van der Waals surface area contributed by atoms with Gasteiger partial charge in [-0.3, -0.25) is 4.79 Å². The van der Waals surface area contributed by atoms with Crippen LogP contribution in [0.5, 0.6) is 5.75 Å². The third kappa shape index (κ3) is 4.59. The van der Waals surface area contributed by atoms with E-state index in [0.717, 1.165) is 60.7 Å². The van der Waals surface area contributed by atoms with Crippen molar-refractivity contribution >= 4 is 17.3 Å². The van der Waals surface area contributed by atoms with Crippen LogP contribution < -0.4 is 19.9 Å². The Bertz CT molecular complexity index is 823. The molecule has 1 atom stereocenters. The van der Waals surface area contributed by atoms with Crippen molar-refractivity contribution in [1.29, 1.82) is 0 Å². The maximum absolute atomic E-state index is 13.8. The molecule has 1 aliphatic rings. The van der Waals surface area contributed by atoms with Crippen molar-refractivity contribution < 1.29 is 23.2 Å². The average Bonchev–Trinajstić information content (AvgIpc) is 2.71. The molecular weight excluding hydrogens is 364 g/mol. The third-order valence-electron chi connectivity index (χ3n) is 5.10. The molecule has 0 radical (unpaired) electrons. The molecule has 0 spiro atoms. The van der Waals surface area contributed by atoms with Crippen LogP contribution in [0.25, 0.3) is 0 Å². The Morgan fingerprint density at radius 2 is 1.93 bits per heavy atom. The van der Waals surface area contributed by atoms with E-state index in [2.05, 4.69) is 10.2 Å². The first-order chi connectivity index (χ1) is 13.5. The van der Waals surface area contributed by atoms with Gasteiger partial charge in [0.05, 0.1) is 44.2 Å². The third-order valence-corrected chi connectivity index (χ3v) is 5.10. The van der Waals surface area contributed by atoms with Crippen molar-refractivity contribution in [2.75, 3.05) is 43.0 Å². The van der Waals surface area contributed by atoms with Crippen LogP contribution in [0.2, 0.25) is 0 Å². The molecule has 5 nitrogen and oxygen atoms in total. The minimum absolute atomic E-state index is 0.125. The van der Waals surface area contributed by atoms with E-state index in [0.29, 0.717) is 6.61 Å². The van der Waals surface area contributed by atoms with E-state index in [1.807, 2.05) is 38.1 Å². The van der Waals surface area contributed by atoms with Gasteiger partial charge in [-0.15, -0.1) is 0 Å². The predicted molar refractivity (Wildman–Crippen MR) is 105 cm³/mol. The molecule has 0 aromatic heterocycles. The monoisotopic (exact) mass is 390 g/mol. The average molecular weight is 390 g/mol. The van der Waals surface area contributed by atoms with E-state index >= 15 is 0 Å². The Morgan fingerprint density at radius 1 is 1.21 bits per heavy atom. The van der Waals surface area contributed by atoms with Crippen LogP contribution in [-0.2, 0) is 4.79 Å². The summed E-state index contributed by atoms with van der Waals surface area (Å²) in [5.74, 6) is -0.684. The number of amides is 1. The number of anilines is 2. The quantitative estimate of drug-likeness (QED) is 0.794. The van der Waals surface area contributed by atoms with Gasteiger partial charge in [-0.1, -0.05) is 12.1 Å². The van der Waals surface area contributed by atoms with Crippen LogP contribution in [0.4, 0.5) is 20.2 Å². The van der Waals surface area contributed by atoms with Gasteiger partial charge in [0, 0.05) is 6.07 Å². The number of nitrogens with zero attached hydrogens (tertiary/aromatic N) is 1. The topological polar surface area (TPSA) is 46.0 Å². The molecule has 0 bridgehead atoms. The molecule has 150 valence electrons. The lowest BCUT2D eigenvalue weighted by Crippen LogP contribution is -3.19. The van der Waals surface area contributed by atoms with E-state index in [-0.39, 0.29) is 17.6 Å². The number of carbonyl (C=O) groups excluding carboxylic acids is 1. The van der Waals surface area contributed by atoms with Crippen molar-refractivity contribution in [3.63, 3.8) is 0 Å². The van der Waals surface area contributed by atoms with Crippen LogP contribution in [0, 0.1) is 11.6 Å². The molecule has 0 aliphatic carbocycles. The Labute approximate surface area is 163 Å². The first-order valence-corrected chi connectivity index (χ1v) is 9.57. The lowest BCUT2D eigenvalue weighted by molar-refractivity contribution is -0.914. The van der Waals surface area contributed by atoms with E-state index < -0.39 is 11.6 Å². The smallest absolute Gasteiger partial charge is 0.282 e. The second kappa shape index (κ2) is 9.01. The number of hydrogen-bond acceptors (Lipinski definition) is 3. The number of ether oxygens (including phenoxy) is 1. The molecule has 3 rings (SSSR count). The summed E-state index contributed by atoms with van der Waals surface area (Å²) in [5.41, 5.74) is 0.933. The number of carbonyl (C=O) groups is 1. The van der Waals surface area contributed by atoms with Crippen LogP contribution in [-0.4, -0.2) is 44.7 Å². The predicted octanol–water partition coefficient (Wildman–Crippen LogP) is 2.10. The fourth-order valence-corrected chi connectivity index (χ4v) is 3.48. The number of benzene rings is 2. The standard InChI is InChI=1S/C21H25F2N3O2/c1-3-28-20-7-5-4-6-19(20)26-12-10-25(11-13-26)15(2)21(27)24-18-14-16(22)8-9-17(18)23/h4-9,14-15H,3,10-13H2,1-2H3,(H,24,27)/p+1/t15-/m0/s1. The van der Waals surface area contributed by atoms with E-state index in [4.69, 9.17) is 4.74 Å². The molecule has 0 saturated carbocycles. The van der Waals surface area contributed by atoms with Gasteiger partial charge in [0.15, 0.2) is 6.04 Å². The fraction of sp³-hybridized carbons (Fsp3) is 0.381. The maximum atomic E-state index is 13.8. The number of para-hydroxylation sites is 2. The molecule has 2 aromatic rings. The first kappa shape index (κ1) is 20.1. The van der Waals surface area contributed by atoms with Crippen LogP contribution in [0.3, 0.4) is 0 Å². The highest BCUT2D eigenvalue weighted by Crippen LogP contribution is 2.27. The number of quaternary nitrogens is 1. The Kier molecular flexibility index (Phi) is 6.46. The summed E-state index contributed by atoms with van der Waals surface area (Å²) in [6.45, 7) is 7.47. The molecule has 1 saturated heterocycles. The summed E-state index contributed by atoms with van der Waals surface area (Å²) in [6, 6.07) is 10.6. The molecule has 1 amide bonds. The van der Waals surface area contributed by atoms with Crippen molar-refractivity contribution in [2.24, 2.45) is 0 Å². The Hall–Kier alpha value is -2.67. The molecule has 2 N–H and O–H groups in total. The van der Waals surface area contributed by atoms with Crippen molar-refractivity contribution in [2.45, 2.75) is 19.9 Å². The van der Waals surface area contributed by atoms with Gasteiger partial charge >= 0.3 is 0 Å². The summed E-state index contributed by atoms with van der Waals surface area (Å²) in [6.07, 6.45) is 0. The van der Waals surface area contributed by atoms with E-state index in [9.17, 15) is 13.6 Å². The number of hydrogen-bond donors (Lipinski definition) is 2. The van der Waals surface area contributed by atoms with Gasteiger partial charge < -0.3 is 19.9 Å². The van der Waals surface area contributed by atoms with Gasteiger partial charge in [0.2, 0.25) is 0 Å². The summed E-state index contributed by atoms with van der Waals surface area (Å²) in [7, 11) is 0. The zero-order chi connectivity index (χ0) is 20.1. The number of nitrogens with one attached hydrogen (secondary N) is 2. The van der Waals surface area contributed by atoms with Crippen molar-refractivity contribution in [1.82, 2.24) is 0 Å². The molecule has 2 aromatic carbocycles. The number of rotatable bonds is 6. The normalized spacial score (nSPS) is 15.9. The summed E-state index contributed by atoms with van der Waals surface area (Å²) in [4.78, 5) is 15.9.